The minimum atomic E-state index is 0.870. The fourth-order valence-electron chi connectivity index (χ4n) is 3.20. The van der Waals surface area contributed by atoms with E-state index in [2.05, 4.69) is 24.9 Å². The number of aromatic nitrogens is 5. The molecule has 5 nitrogen and oxygen atoms in total. The average Bonchev–Trinajstić information content (AvgIpc) is 2.85. The minimum absolute atomic E-state index is 0.870. The van der Waals surface area contributed by atoms with E-state index in [9.17, 15) is 0 Å². The monoisotopic (exact) mass is 387 g/mol. The van der Waals surface area contributed by atoms with Gasteiger partial charge in [0, 0.05) is 59.4 Å². The zero-order chi connectivity index (χ0) is 20.2. The normalized spacial score (nSPS) is 10.7. The van der Waals surface area contributed by atoms with Crippen molar-refractivity contribution in [2.75, 3.05) is 0 Å². The van der Waals surface area contributed by atoms with Crippen LogP contribution in [0.1, 0.15) is 0 Å². The number of nitrogens with zero attached hydrogens (tertiary/aromatic N) is 5. The number of hydrogen-bond donors (Lipinski definition) is 0. The van der Waals surface area contributed by atoms with Crippen LogP contribution in [0.15, 0.2) is 104 Å². The molecule has 0 aliphatic rings. The Morgan fingerprint density at radius 3 is 1.30 bits per heavy atom. The van der Waals surface area contributed by atoms with E-state index in [4.69, 9.17) is 0 Å². The molecule has 5 heteroatoms. The van der Waals surface area contributed by atoms with Crippen LogP contribution in [-0.4, -0.2) is 24.9 Å². The van der Waals surface area contributed by atoms with E-state index >= 15 is 0 Å². The van der Waals surface area contributed by atoms with Gasteiger partial charge in [0.15, 0.2) is 0 Å². The lowest BCUT2D eigenvalue weighted by Gasteiger charge is -2.06. The van der Waals surface area contributed by atoms with Crippen molar-refractivity contribution in [1.82, 2.24) is 24.9 Å². The first-order valence-corrected chi connectivity index (χ1v) is 9.57. The Morgan fingerprint density at radius 1 is 0.367 bits per heavy atom. The lowest BCUT2D eigenvalue weighted by molar-refractivity contribution is 1.25. The summed E-state index contributed by atoms with van der Waals surface area (Å²) >= 11 is 0. The van der Waals surface area contributed by atoms with Crippen LogP contribution in [0.25, 0.3) is 45.0 Å². The smallest absolute Gasteiger partial charge is 0.0717 e. The van der Waals surface area contributed by atoms with Gasteiger partial charge in [0.25, 0.3) is 0 Å². The van der Waals surface area contributed by atoms with E-state index in [0.717, 1.165) is 45.0 Å². The minimum Gasteiger partial charge on any atom is -0.264 e. The highest BCUT2D eigenvalue weighted by molar-refractivity contribution is 5.68. The second-order valence-electron chi connectivity index (χ2n) is 6.75. The van der Waals surface area contributed by atoms with E-state index in [1.54, 1.807) is 18.6 Å². The molecule has 0 atom stereocenters. The first-order valence-electron chi connectivity index (χ1n) is 9.57. The van der Waals surface area contributed by atoms with E-state index in [1.807, 2.05) is 85.3 Å². The molecule has 0 radical (unpaired) electrons. The van der Waals surface area contributed by atoms with Gasteiger partial charge in [0.05, 0.1) is 22.8 Å². The summed E-state index contributed by atoms with van der Waals surface area (Å²) in [5, 5.41) is 0. The summed E-state index contributed by atoms with van der Waals surface area (Å²) in [6, 6.07) is 21.8. The van der Waals surface area contributed by atoms with Gasteiger partial charge in [0.2, 0.25) is 0 Å². The number of rotatable bonds is 4. The van der Waals surface area contributed by atoms with E-state index < -0.39 is 0 Å². The van der Waals surface area contributed by atoms with E-state index in [0.29, 0.717) is 0 Å². The van der Waals surface area contributed by atoms with Crippen LogP contribution in [-0.2, 0) is 0 Å². The van der Waals surface area contributed by atoms with Gasteiger partial charge in [-0.05, 0) is 60.7 Å². The lowest BCUT2D eigenvalue weighted by Crippen LogP contribution is -1.90. The SMILES string of the molecule is c1ccc(-c2ccc(-c3ccc(-c4ccc(-c5cccnc5)nc4)nc3)nc2)nc1. The van der Waals surface area contributed by atoms with Crippen LogP contribution in [0.3, 0.4) is 0 Å². The molecule has 0 aliphatic carbocycles. The average molecular weight is 387 g/mol. The maximum absolute atomic E-state index is 4.60. The first-order chi connectivity index (χ1) is 14.9. The van der Waals surface area contributed by atoms with Crippen molar-refractivity contribution >= 4 is 0 Å². The van der Waals surface area contributed by atoms with Gasteiger partial charge in [-0.1, -0.05) is 6.07 Å². The summed E-state index contributed by atoms with van der Waals surface area (Å²) in [6.45, 7) is 0. The third kappa shape index (κ3) is 3.69. The van der Waals surface area contributed by atoms with Crippen molar-refractivity contribution in [3.63, 3.8) is 0 Å². The predicted molar refractivity (Wildman–Crippen MR) is 117 cm³/mol. The lowest BCUT2D eigenvalue weighted by atomic mass is 10.1. The summed E-state index contributed by atoms with van der Waals surface area (Å²) in [4.78, 5) is 22.2. The van der Waals surface area contributed by atoms with Gasteiger partial charge < -0.3 is 0 Å². The highest BCUT2D eigenvalue weighted by Crippen LogP contribution is 2.24. The molecule has 5 aromatic rings. The van der Waals surface area contributed by atoms with Crippen molar-refractivity contribution < 1.29 is 0 Å². The highest BCUT2D eigenvalue weighted by atomic mass is 14.7. The Hall–Kier alpha value is -4.25. The molecular weight excluding hydrogens is 370 g/mol. The van der Waals surface area contributed by atoms with Crippen molar-refractivity contribution in [1.29, 1.82) is 0 Å². The Balaban J connectivity index is 1.35. The van der Waals surface area contributed by atoms with Gasteiger partial charge in [-0.15, -0.1) is 0 Å². The van der Waals surface area contributed by atoms with Gasteiger partial charge in [-0.2, -0.15) is 0 Å². The molecule has 0 spiro atoms. The molecule has 0 N–H and O–H groups in total. The summed E-state index contributed by atoms with van der Waals surface area (Å²) in [5.74, 6) is 0. The number of hydrogen-bond acceptors (Lipinski definition) is 5. The Bertz CT molecular complexity index is 1130. The molecule has 0 fully saturated rings. The molecule has 5 heterocycles. The van der Waals surface area contributed by atoms with Crippen LogP contribution in [0.4, 0.5) is 0 Å². The zero-order valence-electron chi connectivity index (χ0n) is 16.1. The molecule has 0 aliphatic heterocycles. The topological polar surface area (TPSA) is 64.5 Å². The molecule has 30 heavy (non-hydrogen) atoms. The molecule has 5 rings (SSSR count). The summed E-state index contributed by atoms with van der Waals surface area (Å²) in [5.41, 5.74) is 7.45. The van der Waals surface area contributed by atoms with Crippen LogP contribution in [0.5, 0.6) is 0 Å². The van der Waals surface area contributed by atoms with Gasteiger partial charge in [-0.25, -0.2) is 0 Å². The predicted octanol–water partition coefficient (Wildman–Crippen LogP) is 5.33. The van der Waals surface area contributed by atoms with Crippen molar-refractivity contribution in [2.45, 2.75) is 0 Å². The standard InChI is InChI=1S/C25H17N5/c1-2-13-27-22(5-1)19-6-10-24(29-15-19)21-8-11-25(30-17-21)20-7-9-23(28-16-20)18-4-3-12-26-14-18/h1-17H. The second-order valence-corrected chi connectivity index (χ2v) is 6.75. The van der Waals surface area contributed by atoms with E-state index in [1.165, 1.54) is 0 Å². The molecule has 0 aromatic carbocycles. The van der Waals surface area contributed by atoms with Gasteiger partial charge in [-0.3, -0.25) is 24.9 Å². The fraction of sp³-hybridized carbons (Fsp3) is 0. The Labute approximate surface area is 174 Å². The summed E-state index contributed by atoms with van der Waals surface area (Å²) in [6.07, 6.45) is 10.9. The number of pyridine rings is 5. The Morgan fingerprint density at radius 2 is 0.900 bits per heavy atom. The Kier molecular flexibility index (Phi) is 4.76. The van der Waals surface area contributed by atoms with Crippen molar-refractivity contribution in [3.8, 4) is 45.0 Å². The molecule has 0 bridgehead atoms. The molecule has 5 aromatic heterocycles. The largest absolute Gasteiger partial charge is 0.264 e. The molecular formula is C25H17N5. The summed E-state index contributed by atoms with van der Waals surface area (Å²) in [7, 11) is 0. The molecule has 0 saturated heterocycles. The third-order valence-corrected chi connectivity index (χ3v) is 4.80. The third-order valence-electron chi connectivity index (χ3n) is 4.80. The maximum Gasteiger partial charge on any atom is 0.0717 e. The highest BCUT2D eigenvalue weighted by Gasteiger charge is 2.06. The van der Waals surface area contributed by atoms with Crippen molar-refractivity contribution in [3.05, 3.63) is 104 Å². The van der Waals surface area contributed by atoms with Gasteiger partial charge in [0.1, 0.15) is 0 Å². The fourth-order valence-corrected chi connectivity index (χ4v) is 3.20. The molecule has 0 unspecified atom stereocenters. The quantitative estimate of drug-likeness (QED) is 0.417. The maximum atomic E-state index is 4.60. The molecule has 0 amide bonds. The van der Waals surface area contributed by atoms with Crippen molar-refractivity contribution in [2.24, 2.45) is 0 Å². The van der Waals surface area contributed by atoms with Crippen LogP contribution in [0.2, 0.25) is 0 Å². The van der Waals surface area contributed by atoms with Crippen LogP contribution >= 0.6 is 0 Å². The summed E-state index contributed by atoms with van der Waals surface area (Å²) < 4.78 is 0. The van der Waals surface area contributed by atoms with Crippen LogP contribution in [0, 0.1) is 0 Å². The molecule has 142 valence electrons. The zero-order valence-corrected chi connectivity index (χ0v) is 16.1. The van der Waals surface area contributed by atoms with Gasteiger partial charge >= 0.3 is 0 Å². The second kappa shape index (κ2) is 8.01. The molecule has 0 saturated carbocycles. The van der Waals surface area contributed by atoms with Crippen LogP contribution < -0.4 is 0 Å². The van der Waals surface area contributed by atoms with E-state index in [-0.39, 0.29) is 0 Å². The first kappa shape index (κ1) is 17.8.